The zero-order valence-electron chi connectivity index (χ0n) is 17.5. The van der Waals surface area contributed by atoms with E-state index in [0.29, 0.717) is 19.8 Å². The van der Waals surface area contributed by atoms with Crippen LogP contribution in [0.4, 0.5) is 5.69 Å². The lowest BCUT2D eigenvalue weighted by Crippen LogP contribution is -2.04. The van der Waals surface area contributed by atoms with Crippen molar-refractivity contribution in [3.63, 3.8) is 0 Å². The number of benzene rings is 4. The van der Waals surface area contributed by atoms with Crippen molar-refractivity contribution in [2.75, 3.05) is 11.9 Å². The van der Waals surface area contributed by atoms with Crippen LogP contribution in [0.25, 0.3) is 10.8 Å². The molecule has 0 fully saturated rings. The standard InChI is InChI=1S/C27H27NO2/c1-3-29-27-17-21(15-16-26(27)30-19-23-11-5-4-9-20(23)2)18-28-25-14-8-12-22-10-6-7-13-24(22)25/h4-17,28H,3,18-19H2,1-2H3. The van der Waals surface area contributed by atoms with Crippen LogP contribution in [0.15, 0.2) is 84.9 Å². The third-order valence-corrected chi connectivity index (χ3v) is 5.22. The van der Waals surface area contributed by atoms with Crippen molar-refractivity contribution in [1.29, 1.82) is 0 Å². The Hall–Kier alpha value is -3.46. The van der Waals surface area contributed by atoms with E-state index in [4.69, 9.17) is 9.47 Å². The third-order valence-electron chi connectivity index (χ3n) is 5.22. The monoisotopic (exact) mass is 397 g/mol. The fourth-order valence-corrected chi connectivity index (χ4v) is 3.55. The van der Waals surface area contributed by atoms with Crippen LogP contribution >= 0.6 is 0 Å². The highest BCUT2D eigenvalue weighted by Gasteiger charge is 2.09. The maximum atomic E-state index is 6.09. The minimum Gasteiger partial charge on any atom is -0.490 e. The molecule has 3 heteroatoms. The van der Waals surface area contributed by atoms with Gasteiger partial charge in [-0.2, -0.15) is 0 Å². The molecular weight excluding hydrogens is 370 g/mol. The Morgan fingerprint density at radius 1 is 0.767 bits per heavy atom. The summed E-state index contributed by atoms with van der Waals surface area (Å²) in [7, 11) is 0. The zero-order chi connectivity index (χ0) is 20.8. The molecule has 0 unspecified atom stereocenters. The molecule has 4 rings (SSSR count). The van der Waals surface area contributed by atoms with Crippen LogP contribution in [0.5, 0.6) is 11.5 Å². The van der Waals surface area contributed by atoms with E-state index in [2.05, 4.69) is 79.0 Å². The zero-order valence-corrected chi connectivity index (χ0v) is 17.5. The average molecular weight is 398 g/mol. The molecule has 0 radical (unpaired) electrons. The molecule has 0 bridgehead atoms. The van der Waals surface area contributed by atoms with Crippen molar-refractivity contribution in [2.45, 2.75) is 27.0 Å². The Labute approximate surface area is 178 Å². The van der Waals surface area contributed by atoms with E-state index in [9.17, 15) is 0 Å². The second-order valence-corrected chi connectivity index (χ2v) is 7.31. The maximum absolute atomic E-state index is 6.09. The van der Waals surface area contributed by atoms with Crippen LogP contribution in [0.3, 0.4) is 0 Å². The van der Waals surface area contributed by atoms with E-state index in [1.165, 1.54) is 21.9 Å². The number of anilines is 1. The summed E-state index contributed by atoms with van der Waals surface area (Å²) in [5, 5.41) is 6.02. The van der Waals surface area contributed by atoms with E-state index in [-0.39, 0.29) is 0 Å². The minimum absolute atomic E-state index is 0.528. The van der Waals surface area contributed by atoms with Crippen LogP contribution in [-0.2, 0) is 13.2 Å². The van der Waals surface area contributed by atoms with Crippen molar-refractivity contribution in [3.05, 3.63) is 102 Å². The van der Waals surface area contributed by atoms with Crippen LogP contribution < -0.4 is 14.8 Å². The molecular formula is C27H27NO2. The molecule has 0 atom stereocenters. The van der Waals surface area contributed by atoms with Gasteiger partial charge >= 0.3 is 0 Å². The van der Waals surface area contributed by atoms with Gasteiger partial charge in [0.1, 0.15) is 6.61 Å². The molecule has 0 aliphatic heterocycles. The molecule has 0 amide bonds. The predicted molar refractivity (Wildman–Crippen MR) is 124 cm³/mol. The van der Waals surface area contributed by atoms with Gasteiger partial charge in [-0.3, -0.25) is 0 Å². The van der Waals surface area contributed by atoms with Gasteiger partial charge in [0.05, 0.1) is 6.61 Å². The number of fused-ring (bicyclic) bond motifs is 1. The molecule has 0 heterocycles. The quantitative estimate of drug-likeness (QED) is 0.357. The normalized spacial score (nSPS) is 10.7. The minimum atomic E-state index is 0.528. The van der Waals surface area contributed by atoms with Crippen LogP contribution in [-0.4, -0.2) is 6.61 Å². The summed E-state index contributed by atoms with van der Waals surface area (Å²) in [6.45, 7) is 5.93. The summed E-state index contributed by atoms with van der Waals surface area (Å²) < 4.78 is 12.0. The fraction of sp³-hybridized carbons (Fsp3) is 0.185. The molecule has 30 heavy (non-hydrogen) atoms. The van der Waals surface area contributed by atoms with Crippen LogP contribution in [0.1, 0.15) is 23.6 Å². The lowest BCUT2D eigenvalue weighted by molar-refractivity contribution is 0.268. The molecule has 0 aromatic heterocycles. The first-order valence-electron chi connectivity index (χ1n) is 10.4. The number of nitrogens with one attached hydrogen (secondary N) is 1. The van der Waals surface area contributed by atoms with Gasteiger partial charge in [0, 0.05) is 17.6 Å². The molecule has 4 aromatic carbocycles. The lowest BCUT2D eigenvalue weighted by Gasteiger charge is -2.15. The third kappa shape index (κ3) is 4.57. The summed E-state index contributed by atoms with van der Waals surface area (Å²) in [5.74, 6) is 1.55. The van der Waals surface area contributed by atoms with Gasteiger partial charge in [-0.1, -0.05) is 66.7 Å². The second-order valence-electron chi connectivity index (χ2n) is 7.31. The van der Waals surface area contributed by atoms with E-state index < -0.39 is 0 Å². The Balaban J connectivity index is 1.49. The fourth-order valence-electron chi connectivity index (χ4n) is 3.55. The molecule has 3 nitrogen and oxygen atoms in total. The SMILES string of the molecule is CCOc1cc(CNc2cccc3ccccc23)ccc1OCc1ccccc1C. The molecule has 0 aliphatic rings. The van der Waals surface area contributed by atoms with Gasteiger partial charge in [0.2, 0.25) is 0 Å². The highest BCUT2D eigenvalue weighted by Crippen LogP contribution is 2.30. The van der Waals surface area contributed by atoms with Gasteiger partial charge < -0.3 is 14.8 Å². The van der Waals surface area contributed by atoms with Gasteiger partial charge in [0.15, 0.2) is 11.5 Å². The highest BCUT2D eigenvalue weighted by atomic mass is 16.5. The van der Waals surface area contributed by atoms with Crippen molar-refractivity contribution < 1.29 is 9.47 Å². The Morgan fingerprint density at radius 3 is 2.43 bits per heavy atom. The van der Waals surface area contributed by atoms with Gasteiger partial charge in [-0.15, -0.1) is 0 Å². The van der Waals surface area contributed by atoms with Crippen molar-refractivity contribution in [2.24, 2.45) is 0 Å². The van der Waals surface area contributed by atoms with E-state index in [1.54, 1.807) is 0 Å². The van der Waals surface area contributed by atoms with E-state index >= 15 is 0 Å². The van der Waals surface area contributed by atoms with Crippen LogP contribution in [0, 0.1) is 6.92 Å². The molecule has 0 aliphatic carbocycles. The van der Waals surface area contributed by atoms with E-state index in [0.717, 1.165) is 22.7 Å². The predicted octanol–water partition coefficient (Wildman–Crippen LogP) is 6.74. The Bertz CT molecular complexity index is 1130. The van der Waals surface area contributed by atoms with E-state index in [1.807, 2.05) is 25.1 Å². The first kappa shape index (κ1) is 19.8. The van der Waals surface area contributed by atoms with Gasteiger partial charge in [-0.25, -0.2) is 0 Å². The Kier molecular flexibility index (Phi) is 6.19. The summed E-state index contributed by atoms with van der Waals surface area (Å²) in [6.07, 6.45) is 0. The number of hydrogen-bond donors (Lipinski definition) is 1. The maximum Gasteiger partial charge on any atom is 0.161 e. The largest absolute Gasteiger partial charge is 0.490 e. The number of rotatable bonds is 8. The van der Waals surface area contributed by atoms with Crippen molar-refractivity contribution in [1.82, 2.24) is 0 Å². The second kappa shape index (κ2) is 9.36. The summed E-state index contributed by atoms with van der Waals surface area (Å²) in [4.78, 5) is 0. The molecule has 152 valence electrons. The first-order chi connectivity index (χ1) is 14.7. The average Bonchev–Trinajstić information content (AvgIpc) is 2.78. The molecule has 4 aromatic rings. The van der Waals surface area contributed by atoms with Crippen molar-refractivity contribution >= 4 is 16.5 Å². The molecule has 0 spiro atoms. The smallest absolute Gasteiger partial charge is 0.161 e. The number of ether oxygens (including phenoxy) is 2. The number of aryl methyl sites for hydroxylation is 1. The lowest BCUT2D eigenvalue weighted by atomic mass is 10.1. The van der Waals surface area contributed by atoms with Gasteiger partial charge in [0.25, 0.3) is 0 Å². The molecule has 0 saturated heterocycles. The molecule has 0 saturated carbocycles. The van der Waals surface area contributed by atoms with Gasteiger partial charge in [-0.05, 0) is 54.1 Å². The topological polar surface area (TPSA) is 30.5 Å². The molecule has 1 N–H and O–H groups in total. The highest BCUT2D eigenvalue weighted by molar-refractivity contribution is 5.93. The summed E-state index contributed by atoms with van der Waals surface area (Å²) >= 11 is 0. The Morgan fingerprint density at radius 2 is 1.57 bits per heavy atom. The summed E-state index contributed by atoms with van der Waals surface area (Å²) in [6, 6.07) is 29.2. The first-order valence-corrected chi connectivity index (χ1v) is 10.4. The van der Waals surface area contributed by atoms with Crippen molar-refractivity contribution in [3.8, 4) is 11.5 Å². The summed E-state index contributed by atoms with van der Waals surface area (Å²) in [5.41, 5.74) is 4.69. The number of hydrogen-bond acceptors (Lipinski definition) is 3. The van der Waals surface area contributed by atoms with Crippen LogP contribution in [0.2, 0.25) is 0 Å².